The van der Waals surface area contributed by atoms with Gasteiger partial charge in [0.1, 0.15) is 12.1 Å². The molecule has 0 aromatic carbocycles. The number of fused-ring (bicyclic) bond motifs is 1. The highest BCUT2D eigenvalue weighted by Gasteiger charge is 2.14. The number of pyridine rings is 1. The monoisotopic (exact) mass is 204 g/mol. The van der Waals surface area contributed by atoms with Gasteiger partial charge in [-0.05, 0) is 11.6 Å². The number of hydrogen-bond donors (Lipinski definition) is 2. The first-order valence-electron chi connectivity index (χ1n) is 5.00. The van der Waals surface area contributed by atoms with Gasteiger partial charge < -0.3 is 10.2 Å². The Morgan fingerprint density at radius 2 is 2.40 bits per heavy atom. The maximum absolute atomic E-state index is 4.90. The predicted octanol–water partition coefficient (Wildman–Crippen LogP) is 0.455. The third kappa shape index (κ3) is 1.55. The number of nitrogens with one attached hydrogen (secondary N) is 2. The molecule has 78 valence electrons. The quantitative estimate of drug-likeness (QED) is 0.695. The summed E-state index contributed by atoms with van der Waals surface area (Å²) >= 11 is 0. The Morgan fingerprint density at radius 1 is 1.40 bits per heavy atom. The molecule has 2 N–H and O–H groups in total. The van der Waals surface area contributed by atoms with Crippen molar-refractivity contribution >= 4 is 5.82 Å². The van der Waals surface area contributed by atoms with Crippen LogP contribution in [0.15, 0.2) is 24.6 Å². The molecule has 0 bridgehead atoms. The summed E-state index contributed by atoms with van der Waals surface area (Å²) in [6, 6.07) is 4.09. The van der Waals surface area contributed by atoms with Gasteiger partial charge in [0.15, 0.2) is 0 Å². The molecule has 2 aliphatic heterocycles. The van der Waals surface area contributed by atoms with Crippen LogP contribution in [0.3, 0.4) is 0 Å². The lowest BCUT2D eigenvalue weighted by Crippen LogP contribution is -2.30. The van der Waals surface area contributed by atoms with Gasteiger partial charge >= 0.3 is 0 Å². The van der Waals surface area contributed by atoms with Crippen LogP contribution >= 0.6 is 0 Å². The summed E-state index contributed by atoms with van der Waals surface area (Å²) in [5.74, 6) is 0.865. The first-order chi connectivity index (χ1) is 7.43. The van der Waals surface area contributed by atoms with E-state index in [0.717, 1.165) is 25.3 Å². The molecule has 0 saturated carbocycles. The Bertz CT molecular complexity index is 404. The molecule has 3 rings (SSSR count). The standard InChI is InChI=1S/C10H12N4O/c1-2-10(14-5-6-15-13-14)12-9-3-4-11-7-8(1)9/h1-2,5-6,11,13H,3-4,7H2. The Hall–Kier alpha value is -1.59. The zero-order valence-corrected chi connectivity index (χ0v) is 8.23. The van der Waals surface area contributed by atoms with Crippen molar-refractivity contribution in [3.05, 3.63) is 35.9 Å². The van der Waals surface area contributed by atoms with Crippen molar-refractivity contribution in [3.63, 3.8) is 0 Å². The van der Waals surface area contributed by atoms with Crippen LogP contribution in [0, 0.1) is 0 Å². The van der Waals surface area contributed by atoms with Crippen LogP contribution in [-0.2, 0) is 17.8 Å². The van der Waals surface area contributed by atoms with E-state index in [4.69, 9.17) is 4.84 Å². The van der Waals surface area contributed by atoms with E-state index in [0.29, 0.717) is 0 Å². The zero-order chi connectivity index (χ0) is 10.1. The molecule has 5 nitrogen and oxygen atoms in total. The fourth-order valence-corrected chi connectivity index (χ4v) is 1.79. The second-order valence-corrected chi connectivity index (χ2v) is 3.57. The van der Waals surface area contributed by atoms with Crippen molar-refractivity contribution in [3.8, 4) is 0 Å². The third-order valence-corrected chi connectivity index (χ3v) is 2.58. The number of rotatable bonds is 1. The summed E-state index contributed by atoms with van der Waals surface area (Å²) in [5.41, 5.74) is 5.18. The second kappa shape index (κ2) is 3.52. The average Bonchev–Trinajstić information content (AvgIpc) is 2.82. The molecular weight excluding hydrogens is 192 g/mol. The highest BCUT2D eigenvalue weighted by Crippen LogP contribution is 2.18. The molecule has 0 spiro atoms. The largest absolute Gasteiger partial charge is 0.395 e. The molecule has 5 heteroatoms. The van der Waals surface area contributed by atoms with Gasteiger partial charge in [-0.2, -0.15) is 0 Å². The van der Waals surface area contributed by atoms with Crippen molar-refractivity contribution in [1.82, 2.24) is 15.9 Å². The van der Waals surface area contributed by atoms with Crippen LogP contribution in [0.1, 0.15) is 11.3 Å². The molecule has 15 heavy (non-hydrogen) atoms. The van der Waals surface area contributed by atoms with Gasteiger partial charge in [-0.1, -0.05) is 11.7 Å². The average molecular weight is 204 g/mol. The van der Waals surface area contributed by atoms with E-state index in [9.17, 15) is 0 Å². The molecule has 2 aliphatic rings. The molecule has 0 atom stereocenters. The molecule has 0 amide bonds. The Balaban J connectivity index is 1.93. The van der Waals surface area contributed by atoms with Crippen molar-refractivity contribution in [1.29, 1.82) is 0 Å². The van der Waals surface area contributed by atoms with Crippen molar-refractivity contribution in [2.45, 2.75) is 13.0 Å². The lowest BCUT2D eigenvalue weighted by atomic mass is 10.1. The minimum Gasteiger partial charge on any atom is -0.395 e. The number of hydrazine groups is 1. The third-order valence-electron chi connectivity index (χ3n) is 2.58. The minimum absolute atomic E-state index is 0.865. The topological polar surface area (TPSA) is 49.4 Å². The van der Waals surface area contributed by atoms with E-state index in [-0.39, 0.29) is 0 Å². The van der Waals surface area contributed by atoms with Gasteiger partial charge in [-0.25, -0.2) is 9.99 Å². The maximum atomic E-state index is 4.90. The molecule has 3 heterocycles. The summed E-state index contributed by atoms with van der Waals surface area (Å²) in [6.07, 6.45) is 4.38. The van der Waals surface area contributed by atoms with Crippen LogP contribution in [0.5, 0.6) is 0 Å². The molecule has 1 aromatic heterocycles. The normalized spacial score (nSPS) is 18.8. The molecule has 0 saturated heterocycles. The lowest BCUT2D eigenvalue weighted by molar-refractivity contribution is 0.158. The SMILES string of the molecule is C1=CN(c2ccc3c(n2)CCNC3)NO1. The highest BCUT2D eigenvalue weighted by molar-refractivity contribution is 5.44. The molecule has 0 radical (unpaired) electrons. The van der Waals surface area contributed by atoms with E-state index < -0.39 is 0 Å². The molecule has 0 fully saturated rings. The second-order valence-electron chi connectivity index (χ2n) is 3.57. The maximum Gasteiger partial charge on any atom is 0.149 e. The van der Waals surface area contributed by atoms with Gasteiger partial charge in [0.05, 0.1) is 6.20 Å². The fourth-order valence-electron chi connectivity index (χ4n) is 1.79. The lowest BCUT2D eigenvalue weighted by Gasteiger charge is -2.19. The first-order valence-corrected chi connectivity index (χ1v) is 5.00. The van der Waals surface area contributed by atoms with E-state index in [1.165, 1.54) is 11.3 Å². The summed E-state index contributed by atoms with van der Waals surface area (Å²) < 4.78 is 0. The van der Waals surface area contributed by atoms with Gasteiger partial charge in [-0.3, -0.25) is 0 Å². The first kappa shape index (κ1) is 8.70. The molecule has 0 aliphatic carbocycles. The zero-order valence-electron chi connectivity index (χ0n) is 8.23. The van der Waals surface area contributed by atoms with E-state index >= 15 is 0 Å². The highest BCUT2D eigenvalue weighted by atomic mass is 16.7. The summed E-state index contributed by atoms with van der Waals surface area (Å²) in [6.45, 7) is 1.92. The number of anilines is 1. The van der Waals surface area contributed by atoms with E-state index in [1.54, 1.807) is 17.5 Å². The number of aromatic nitrogens is 1. The fraction of sp³-hybridized carbons (Fsp3) is 0.300. The number of hydrogen-bond acceptors (Lipinski definition) is 5. The minimum atomic E-state index is 0.865. The smallest absolute Gasteiger partial charge is 0.149 e. The van der Waals surface area contributed by atoms with Gasteiger partial charge in [0.2, 0.25) is 0 Å². The van der Waals surface area contributed by atoms with Gasteiger partial charge in [0, 0.05) is 25.2 Å². The van der Waals surface area contributed by atoms with Crippen molar-refractivity contribution < 1.29 is 4.84 Å². The summed E-state index contributed by atoms with van der Waals surface area (Å²) in [5, 5.41) is 5.07. The van der Waals surface area contributed by atoms with Crippen molar-refractivity contribution in [2.24, 2.45) is 0 Å². The van der Waals surface area contributed by atoms with Crippen LogP contribution < -0.4 is 15.9 Å². The summed E-state index contributed by atoms with van der Waals surface area (Å²) in [4.78, 5) is 9.49. The Morgan fingerprint density at radius 3 is 3.27 bits per heavy atom. The van der Waals surface area contributed by atoms with Crippen LogP contribution in [0.4, 0.5) is 5.82 Å². The Kier molecular flexibility index (Phi) is 2.04. The van der Waals surface area contributed by atoms with Crippen LogP contribution in [0.2, 0.25) is 0 Å². The number of nitrogens with zero attached hydrogens (tertiary/aromatic N) is 2. The summed E-state index contributed by atoms with van der Waals surface area (Å²) in [7, 11) is 0. The molecule has 1 aromatic rings. The predicted molar refractivity (Wildman–Crippen MR) is 55.5 cm³/mol. The van der Waals surface area contributed by atoms with Crippen LogP contribution in [-0.4, -0.2) is 11.5 Å². The Labute approximate surface area is 87.7 Å². The van der Waals surface area contributed by atoms with Crippen LogP contribution in [0.25, 0.3) is 0 Å². The van der Waals surface area contributed by atoms with Gasteiger partial charge in [0.25, 0.3) is 0 Å². The molecule has 0 unspecified atom stereocenters. The van der Waals surface area contributed by atoms with Gasteiger partial charge in [-0.15, -0.1) is 0 Å². The van der Waals surface area contributed by atoms with Crippen molar-refractivity contribution in [2.75, 3.05) is 11.6 Å². The molecular formula is C10H12N4O. The van der Waals surface area contributed by atoms with E-state index in [1.807, 2.05) is 6.07 Å². The van der Waals surface area contributed by atoms with E-state index in [2.05, 4.69) is 22.0 Å².